The molecule has 1 fully saturated rings. The third-order valence-electron chi connectivity index (χ3n) is 4.20. The number of amides is 1. The van der Waals surface area contributed by atoms with Crippen molar-refractivity contribution in [2.75, 3.05) is 45.9 Å². The number of β-amino-alcohol motifs (C(OH)–C–C–N with tert-alkyl or cyclic N) is 1. The lowest BCUT2D eigenvalue weighted by Crippen LogP contribution is -2.51. The summed E-state index contributed by atoms with van der Waals surface area (Å²) in [6.45, 7) is 9.75. The zero-order valence-corrected chi connectivity index (χ0v) is 14.8. The number of ether oxygens (including phenoxy) is 2. The van der Waals surface area contributed by atoms with Gasteiger partial charge in [0.05, 0.1) is 6.61 Å². The number of aliphatic hydroxyl groups is 1. The van der Waals surface area contributed by atoms with Crippen LogP contribution in [0.1, 0.15) is 18.1 Å². The molecule has 1 saturated heterocycles. The molecule has 0 saturated carbocycles. The molecule has 0 aromatic heterocycles. The molecule has 0 bridgehead atoms. The molecule has 134 valence electrons. The van der Waals surface area contributed by atoms with Crippen molar-refractivity contribution in [3.05, 3.63) is 29.3 Å². The van der Waals surface area contributed by atoms with E-state index in [-0.39, 0.29) is 12.7 Å². The Bertz CT molecular complexity index is 522. The highest BCUT2D eigenvalue weighted by molar-refractivity contribution is 5.67. The van der Waals surface area contributed by atoms with Crippen LogP contribution in [0.25, 0.3) is 0 Å². The predicted molar refractivity (Wildman–Crippen MR) is 92.5 cm³/mol. The summed E-state index contributed by atoms with van der Waals surface area (Å²) in [5.74, 6) is 0.851. The minimum Gasteiger partial charge on any atom is -0.490 e. The summed E-state index contributed by atoms with van der Waals surface area (Å²) in [5, 5.41) is 10.2. The van der Waals surface area contributed by atoms with E-state index in [9.17, 15) is 9.90 Å². The van der Waals surface area contributed by atoms with Crippen LogP contribution in [0, 0.1) is 13.8 Å². The van der Waals surface area contributed by atoms with Crippen LogP contribution in [0.4, 0.5) is 4.79 Å². The van der Waals surface area contributed by atoms with Crippen LogP contribution in [0.5, 0.6) is 5.75 Å². The van der Waals surface area contributed by atoms with Crippen molar-refractivity contribution < 1.29 is 19.4 Å². The lowest BCUT2D eigenvalue weighted by atomic mass is 10.1. The van der Waals surface area contributed by atoms with Crippen molar-refractivity contribution >= 4 is 6.09 Å². The summed E-state index contributed by atoms with van der Waals surface area (Å²) in [4.78, 5) is 15.5. The molecule has 1 aromatic carbocycles. The van der Waals surface area contributed by atoms with Gasteiger partial charge in [0.2, 0.25) is 0 Å². The number of carbonyl (C=O) groups excluding carboxylic acids is 1. The van der Waals surface area contributed by atoms with Crippen molar-refractivity contribution in [2.45, 2.75) is 26.9 Å². The van der Waals surface area contributed by atoms with Crippen LogP contribution in [0.2, 0.25) is 0 Å². The fourth-order valence-electron chi connectivity index (χ4n) is 2.88. The van der Waals surface area contributed by atoms with E-state index in [1.165, 1.54) is 0 Å². The molecule has 0 aliphatic carbocycles. The SMILES string of the molecule is CCOC(=O)N1CCN(C[C@H](O)COc2c(C)cccc2C)CC1. The highest BCUT2D eigenvalue weighted by atomic mass is 16.6. The van der Waals surface area contributed by atoms with Gasteiger partial charge in [-0.2, -0.15) is 0 Å². The normalized spacial score (nSPS) is 16.8. The number of aryl methyl sites for hydroxylation is 2. The highest BCUT2D eigenvalue weighted by Gasteiger charge is 2.23. The molecule has 0 radical (unpaired) electrons. The van der Waals surface area contributed by atoms with Gasteiger partial charge in [0.25, 0.3) is 0 Å². The van der Waals surface area contributed by atoms with Gasteiger partial charge in [-0.25, -0.2) is 4.79 Å². The van der Waals surface area contributed by atoms with E-state index in [0.717, 1.165) is 30.0 Å². The van der Waals surface area contributed by atoms with Crippen LogP contribution in [-0.4, -0.2) is 73.0 Å². The topological polar surface area (TPSA) is 62.2 Å². The standard InChI is InChI=1S/C18H28N2O4/c1-4-23-18(22)20-10-8-19(9-11-20)12-16(21)13-24-17-14(2)6-5-7-15(17)3/h5-7,16,21H,4,8-13H2,1-3H3/t16-/m0/s1. The van der Waals surface area contributed by atoms with E-state index in [4.69, 9.17) is 9.47 Å². The third kappa shape index (κ3) is 5.11. The number of piperazine rings is 1. The number of benzene rings is 1. The van der Waals surface area contributed by atoms with Gasteiger partial charge in [-0.15, -0.1) is 0 Å². The first-order valence-electron chi connectivity index (χ1n) is 8.52. The molecule has 0 spiro atoms. The Kier molecular flexibility index (Phi) is 6.87. The Morgan fingerprint density at radius 2 is 1.83 bits per heavy atom. The fraction of sp³-hybridized carbons (Fsp3) is 0.611. The van der Waals surface area contributed by atoms with Gasteiger partial charge in [-0.3, -0.25) is 4.90 Å². The molecule has 6 heteroatoms. The Morgan fingerprint density at radius 3 is 2.42 bits per heavy atom. The van der Waals surface area contributed by atoms with Crippen LogP contribution in [0.3, 0.4) is 0 Å². The number of rotatable bonds is 6. The van der Waals surface area contributed by atoms with Crippen molar-refractivity contribution in [1.29, 1.82) is 0 Å². The van der Waals surface area contributed by atoms with E-state index in [1.54, 1.807) is 11.8 Å². The van der Waals surface area contributed by atoms with Crippen molar-refractivity contribution in [3.63, 3.8) is 0 Å². The van der Waals surface area contributed by atoms with Gasteiger partial charge in [0.1, 0.15) is 18.5 Å². The molecule has 24 heavy (non-hydrogen) atoms. The number of para-hydroxylation sites is 1. The molecular weight excluding hydrogens is 308 g/mol. The maximum Gasteiger partial charge on any atom is 0.409 e. The minimum absolute atomic E-state index is 0.254. The maximum atomic E-state index is 11.7. The van der Waals surface area contributed by atoms with Crippen molar-refractivity contribution in [1.82, 2.24) is 9.80 Å². The smallest absolute Gasteiger partial charge is 0.409 e. The van der Waals surface area contributed by atoms with Crippen LogP contribution in [-0.2, 0) is 4.74 Å². The van der Waals surface area contributed by atoms with Crippen LogP contribution >= 0.6 is 0 Å². The molecule has 1 heterocycles. The van der Waals surface area contributed by atoms with Gasteiger partial charge in [-0.05, 0) is 31.9 Å². The molecule has 2 rings (SSSR count). The first kappa shape index (κ1) is 18.5. The minimum atomic E-state index is -0.557. The van der Waals surface area contributed by atoms with Gasteiger partial charge in [-0.1, -0.05) is 18.2 Å². The number of aliphatic hydroxyl groups excluding tert-OH is 1. The highest BCUT2D eigenvalue weighted by Crippen LogP contribution is 2.22. The molecule has 1 N–H and O–H groups in total. The predicted octanol–water partition coefficient (Wildman–Crippen LogP) is 1.82. The molecule has 1 aliphatic rings. The summed E-state index contributed by atoms with van der Waals surface area (Å²) >= 11 is 0. The molecule has 1 aliphatic heterocycles. The van der Waals surface area contributed by atoms with E-state index < -0.39 is 6.10 Å². The molecule has 1 amide bonds. The van der Waals surface area contributed by atoms with E-state index in [1.807, 2.05) is 32.0 Å². The summed E-state index contributed by atoms with van der Waals surface area (Å²) in [6, 6.07) is 6.00. The second-order valence-corrected chi connectivity index (χ2v) is 6.17. The summed E-state index contributed by atoms with van der Waals surface area (Å²) in [6.07, 6.45) is -0.811. The number of nitrogens with zero attached hydrogens (tertiary/aromatic N) is 2. The first-order valence-corrected chi connectivity index (χ1v) is 8.52. The Morgan fingerprint density at radius 1 is 1.21 bits per heavy atom. The average molecular weight is 336 g/mol. The first-order chi connectivity index (χ1) is 11.5. The maximum absolute atomic E-state index is 11.7. The van der Waals surface area contributed by atoms with E-state index >= 15 is 0 Å². The zero-order valence-electron chi connectivity index (χ0n) is 14.8. The lowest BCUT2D eigenvalue weighted by molar-refractivity contribution is 0.0405. The number of carbonyl (C=O) groups is 1. The molecular formula is C18H28N2O4. The Hall–Kier alpha value is -1.79. The van der Waals surface area contributed by atoms with Gasteiger partial charge >= 0.3 is 6.09 Å². The quantitative estimate of drug-likeness (QED) is 0.858. The van der Waals surface area contributed by atoms with Crippen molar-refractivity contribution in [2.24, 2.45) is 0 Å². The van der Waals surface area contributed by atoms with Crippen LogP contribution in [0.15, 0.2) is 18.2 Å². The van der Waals surface area contributed by atoms with E-state index in [0.29, 0.717) is 26.2 Å². The summed E-state index contributed by atoms with van der Waals surface area (Å²) < 4.78 is 10.8. The Balaban J connectivity index is 1.74. The largest absolute Gasteiger partial charge is 0.490 e. The summed E-state index contributed by atoms with van der Waals surface area (Å²) in [5.41, 5.74) is 2.15. The van der Waals surface area contributed by atoms with Gasteiger partial charge in [0.15, 0.2) is 0 Å². The molecule has 1 atom stereocenters. The van der Waals surface area contributed by atoms with Crippen molar-refractivity contribution in [3.8, 4) is 5.75 Å². The Labute approximate surface area is 144 Å². The van der Waals surface area contributed by atoms with E-state index in [2.05, 4.69) is 4.90 Å². The second-order valence-electron chi connectivity index (χ2n) is 6.17. The fourth-order valence-corrected chi connectivity index (χ4v) is 2.88. The lowest BCUT2D eigenvalue weighted by Gasteiger charge is -2.34. The number of hydrogen-bond acceptors (Lipinski definition) is 5. The summed E-state index contributed by atoms with van der Waals surface area (Å²) in [7, 11) is 0. The number of hydrogen-bond donors (Lipinski definition) is 1. The monoisotopic (exact) mass is 336 g/mol. The third-order valence-corrected chi connectivity index (χ3v) is 4.20. The molecule has 0 unspecified atom stereocenters. The second kappa shape index (κ2) is 8.89. The average Bonchev–Trinajstić information content (AvgIpc) is 2.55. The van der Waals surface area contributed by atoms with Crippen LogP contribution < -0.4 is 4.74 Å². The van der Waals surface area contributed by atoms with Gasteiger partial charge < -0.3 is 19.5 Å². The molecule has 1 aromatic rings. The molecule has 6 nitrogen and oxygen atoms in total. The van der Waals surface area contributed by atoms with Gasteiger partial charge in [0, 0.05) is 32.7 Å². The zero-order chi connectivity index (χ0) is 17.5.